The van der Waals surface area contributed by atoms with E-state index in [1.54, 1.807) is 11.8 Å². The number of halogens is 1. The molecule has 1 fully saturated rings. The number of hydrogen-bond donors (Lipinski definition) is 2. The third-order valence-corrected chi connectivity index (χ3v) is 4.87. The molecule has 0 spiro atoms. The molecule has 5 heteroatoms. The third-order valence-electron chi connectivity index (χ3n) is 3.78. The van der Waals surface area contributed by atoms with E-state index in [1.807, 2.05) is 42.5 Å². The standard InChI is InChI=1S/C18H20N2OS.ClH/c21-18(20-12-15-10-19-11-15)16-8-6-14(7-9-16)13-22-17-4-2-1-3-5-17;/h1-9,15,19H,10-13H2,(H,20,21);1H. The first-order valence-corrected chi connectivity index (χ1v) is 8.55. The topological polar surface area (TPSA) is 41.1 Å². The van der Waals surface area contributed by atoms with Gasteiger partial charge in [-0.1, -0.05) is 30.3 Å². The second kappa shape index (κ2) is 8.96. The third kappa shape index (κ3) is 5.27. The lowest BCUT2D eigenvalue weighted by Crippen LogP contribution is -2.48. The molecule has 1 saturated heterocycles. The maximum atomic E-state index is 12.0. The SMILES string of the molecule is Cl.O=C(NCC1CNC1)c1ccc(CSc2ccccc2)cc1. The first-order valence-electron chi connectivity index (χ1n) is 7.57. The molecule has 0 atom stereocenters. The van der Waals surface area contributed by atoms with Gasteiger partial charge in [-0.15, -0.1) is 24.2 Å². The number of nitrogens with one attached hydrogen (secondary N) is 2. The number of thioether (sulfide) groups is 1. The van der Waals surface area contributed by atoms with E-state index in [1.165, 1.54) is 10.5 Å². The summed E-state index contributed by atoms with van der Waals surface area (Å²) >= 11 is 1.81. The lowest BCUT2D eigenvalue weighted by atomic mass is 10.0. The predicted octanol–water partition coefficient (Wildman–Crippen LogP) is 3.35. The summed E-state index contributed by atoms with van der Waals surface area (Å²) in [4.78, 5) is 13.3. The van der Waals surface area contributed by atoms with Crippen LogP contribution in [0.1, 0.15) is 15.9 Å². The van der Waals surface area contributed by atoms with Crippen molar-refractivity contribution < 1.29 is 4.79 Å². The van der Waals surface area contributed by atoms with Crippen molar-refractivity contribution in [2.24, 2.45) is 5.92 Å². The normalized spacial score (nSPS) is 13.7. The fourth-order valence-corrected chi connectivity index (χ4v) is 3.14. The second-order valence-electron chi connectivity index (χ2n) is 5.53. The summed E-state index contributed by atoms with van der Waals surface area (Å²) in [6.45, 7) is 2.78. The van der Waals surface area contributed by atoms with Crippen LogP contribution in [0, 0.1) is 5.92 Å². The maximum absolute atomic E-state index is 12.0. The van der Waals surface area contributed by atoms with Crippen LogP contribution in [-0.4, -0.2) is 25.5 Å². The lowest BCUT2D eigenvalue weighted by molar-refractivity contribution is 0.0942. The molecule has 2 aromatic carbocycles. The predicted molar refractivity (Wildman–Crippen MR) is 98.4 cm³/mol. The summed E-state index contributed by atoms with van der Waals surface area (Å²) < 4.78 is 0. The van der Waals surface area contributed by atoms with Crippen molar-refractivity contribution in [3.63, 3.8) is 0 Å². The molecule has 1 aliphatic rings. The van der Waals surface area contributed by atoms with Crippen LogP contribution in [0.2, 0.25) is 0 Å². The Balaban J connectivity index is 0.00000192. The van der Waals surface area contributed by atoms with Gasteiger partial charge in [0.15, 0.2) is 0 Å². The largest absolute Gasteiger partial charge is 0.352 e. The monoisotopic (exact) mass is 348 g/mol. The van der Waals surface area contributed by atoms with Crippen molar-refractivity contribution in [2.75, 3.05) is 19.6 Å². The molecule has 3 rings (SSSR count). The summed E-state index contributed by atoms with van der Waals surface area (Å²) in [6.07, 6.45) is 0. The minimum absolute atomic E-state index is 0. The van der Waals surface area contributed by atoms with E-state index in [-0.39, 0.29) is 18.3 Å². The Morgan fingerprint density at radius 1 is 1.09 bits per heavy atom. The smallest absolute Gasteiger partial charge is 0.251 e. The number of hydrogen-bond acceptors (Lipinski definition) is 3. The molecule has 3 nitrogen and oxygen atoms in total. The van der Waals surface area contributed by atoms with E-state index in [9.17, 15) is 4.79 Å². The highest BCUT2D eigenvalue weighted by atomic mass is 35.5. The summed E-state index contributed by atoms with van der Waals surface area (Å²) in [5, 5.41) is 6.20. The van der Waals surface area contributed by atoms with E-state index in [0.29, 0.717) is 5.92 Å². The molecule has 2 aromatic rings. The molecule has 1 aliphatic heterocycles. The van der Waals surface area contributed by atoms with E-state index in [2.05, 4.69) is 22.8 Å². The molecule has 0 aromatic heterocycles. The molecular weight excluding hydrogens is 328 g/mol. The number of benzene rings is 2. The Bertz CT molecular complexity index is 615. The van der Waals surface area contributed by atoms with Crippen LogP contribution in [0.3, 0.4) is 0 Å². The van der Waals surface area contributed by atoms with Crippen LogP contribution < -0.4 is 10.6 Å². The van der Waals surface area contributed by atoms with Crippen molar-refractivity contribution >= 4 is 30.1 Å². The van der Waals surface area contributed by atoms with Gasteiger partial charge in [-0.25, -0.2) is 0 Å². The van der Waals surface area contributed by atoms with Crippen molar-refractivity contribution in [2.45, 2.75) is 10.6 Å². The van der Waals surface area contributed by atoms with Crippen molar-refractivity contribution in [3.05, 3.63) is 65.7 Å². The van der Waals surface area contributed by atoms with Crippen molar-refractivity contribution in [3.8, 4) is 0 Å². The van der Waals surface area contributed by atoms with Gasteiger partial charge in [0.05, 0.1) is 0 Å². The first kappa shape index (κ1) is 17.9. The molecule has 0 saturated carbocycles. The average molecular weight is 349 g/mol. The van der Waals surface area contributed by atoms with Gasteiger partial charge in [0.25, 0.3) is 5.91 Å². The molecule has 1 amide bonds. The Labute approximate surface area is 147 Å². The van der Waals surface area contributed by atoms with E-state index in [0.717, 1.165) is 31.0 Å². The van der Waals surface area contributed by atoms with Gasteiger partial charge >= 0.3 is 0 Å². The van der Waals surface area contributed by atoms with Crippen LogP contribution in [0.5, 0.6) is 0 Å². The highest BCUT2D eigenvalue weighted by Crippen LogP contribution is 2.22. The Morgan fingerprint density at radius 3 is 2.39 bits per heavy atom. The zero-order valence-corrected chi connectivity index (χ0v) is 14.5. The maximum Gasteiger partial charge on any atom is 0.251 e. The van der Waals surface area contributed by atoms with E-state index >= 15 is 0 Å². The Hall–Kier alpha value is -1.49. The van der Waals surface area contributed by atoms with Gasteiger partial charge in [0, 0.05) is 41.8 Å². The fourth-order valence-electron chi connectivity index (χ4n) is 2.27. The van der Waals surface area contributed by atoms with Gasteiger partial charge in [0.1, 0.15) is 0 Å². The Morgan fingerprint density at radius 2 is 1.78 bits per heavy atom. The number of carbonyl (C=O) groups is 1. The second-order valence-corrected chi connectivity index (χ2v) is 6.58. The summed E-state index contributed by atoms with van der Waals surface area (Å²) in [6, 6.07) is 18.2. The number of carbonyl (C=O) groups excluding carboxylic acids is 1. The fraction of sp³-hybridized carbons (Fsp3) is 0.278. The van der Waals surface area contributed by atoms with Gasteiger partial charge in [0.2, 0.25) is 0 Å². The van der Waals surface area contributed by atoms with Gasteiger partial charge in [-0.2, -0.15) is 0 Å². The lowest BCUT2D eigenvalue weighted by Gasteiger charge is -2.27. The number of rotatable bonds is 6. The van der Waals surface area contributed by atoms with Crippen molar-refractivity contribution in [1.82, 2.24) is 10.6 Å². The van der Waals surface area contributed by atoms with Gasteiger partial charge < -0.3 is 10.6 Å². The van der Waals surface area contributed by atoms with Gasteiger partial charge in [-0.3, -0.25) is 4.79 Å². The molecule has 0 bridgehead atoms. The molecule has 122 valence electrons. The van der Waals surface area contributed by atoms with Crippen LogP contribution in [-0.2, 0) is 5.75 Å². The quantitative estimate of drug-likeness (QED) is 0.786. The van der Waals surface area contributed by atoms with E-state index in [4.69, 9.17) is 0 Å². The molecule has 0 radical (unpaired) electrons. The number of amides is 1. The zero-order chi connectivity index (χ0) is 15.2. The Kier molecular flexibility index (Phi) is 6.96. The molecule has 0 aliphatic carbocycles. The van der Waals surface area contributed by atoms with Crippen LogP contribution in [0.4, 0.5) is 0 Å². The highest BCUT2D eigenvalue weighted by molar-refractivity contribution is 7.98. The first-order chi connectivity index (χ1) is 10.8. The van der Waals surface area contributed by atoms with Crippen LogP contribution in [0.15, 0.2) is 59.5 Å². The van der Waals surface area contributed by atoms with Crippen LogP contribution >= 0.6 is 24.2 Å². The molecule has 0 unspecified atom stereocenters. The minimum atomic E-state index is 0. The average Bonchev–Trinajstić information content (AvgIpc) is 2.53. The molecule has 23 heavy (non-hydrogen) atoms. The van der Waals surface area contributed by atoms with E-state index < -0.39 is 0 Å². The molecule has 1 heterocycles. The summed E-state index contributed by atoms with van der Waals surface area (Å²) in [5.74, 6) is 1.53. The highest BCUT2D eigenvalue weighted by Gasteiger charge is 2.17. The van der Waals surface area contributed by atoms with Crippen LogP contribution in [0.25, 0.3) is 0 Å². The van der Waals surface area contributed by atoms with Crippen molar-refractivity contribution in [1.29, 1.82) is 0 Å². The minimum Gasteiger partial charge on any atom is -0.352 e. The zero-order valence-electron chi connectivity index (χ0n) is 12.8. The van der Waals surface area contributed by atoms with Gasteiger partial charge in [-0.05, 0) is 29.8 Å². The molecular formula is C18H21ClN2OS. The summed E-state index contributed by atoms with van der Waals surface area (Å²) in [7, 11) is 0. The summed E-state index contributed by atoms with van der Waals surface area (Å²) in [5.41, 5.74) is 1.97. The molecule has 2 N–H and O–H groups in total.